The summed E-state index contributed by atoms with van der Waals surface area (Å²) in [6.45, 7) is 3.90. The van der Waals surface area contributed by atoms with Crippen molar-refractivity contribution in [3.63, 3.8) is 0 Å². The summed E-state index contributed by atoms with van der Waals surface area (Å²) in [5, 5.41) is 5.19. The molecular weight excluding hydrogens is 425 g/mol. The van der Waals surface area contributed by atoms with Crippen molar-refractivity contribution in [2.45, 2.75) is 39.2 Å². The summed E-state index contributed by atoms with van der Waals surface area (Å²) in [5.41, 5.74) is 3.14. The molecule has 3 aromatic rings. The first-order valence-electron chi connectivity index (χ1n) is 10.8. The third kappa shape index (κ3) is 7.01. The number of carbonyl (C=O) groups is 1. The average molecular weight is 455 g/mol. The minimum atomic E-state index is -4.00. The first kappa shape index (κ1) is 24.1. The summed E-state index contributed by atoms with van der Waals surface area (Å²) >= 11 is 0. The third-order valence-electron chi connectivity index (χ3n) is 4.92. The highest BCUT2D eigenvalue weighted by Crippen LogP contribution is 2.44. The van der Waals surface area contributed by atoms with Gasteiger partial charge in [-0.1, -0.05) is 66.7 Å². The Morgan fingerprint density at radius 2 is 1.72 bits per heavy atom. The fourth-order valence-electron chi connectivity index (χ4n) is 3.58. The third-order valence-corrected chi connectivity index (χ3v) is 6.12. The van der Waals surface area contributed by atoms with Gasteiger partial charge in [0.2, 0.25) is 5.91 Å². The van der Waals surface area contributed by atoms with Gasteiger partial charge in [-0.3, -0.25) is 13.8 Å². The summed E-state index contributed by atoms with van der Waals surface area (Å²) in [7, 11) is -4.00. The number of amides is 1. The van der Waals surface area contributed by atoms with Gasteiger partial charge in [-0.2, -0.15) is 0 Å². The van der Waals surface area contributed by atoms with E-state index in [1.54, 1.807) is 13.8 Å². The molecule has 0 aliphatic rings. The van der Waals surface area contributed by atoms with Gasteiger partial charge in [-0.25, -0.2) is 4.57 Å². The van der Waals surface area contributed by atoms with Gasteiger partial charge in [0.25, 0.3) is 0 Å². The molecule has 6 nitrogen and oxygen atoms in total. The summed E-state index contributed by atoms with van der Waals surface area (Å²) < 4.78 is 21.4. The maximum absolute atomic E-state index is 12.6. The van der Waals surface area contributed by atoms with E-state index in [9.17, 15) is 14.3 Å². The molecule has 170 valence electrons. The van der Waals surface area contributed by atoms with Crippen molar-refractivity contribution in [2.24, 2.45) is 0 Å². The van der Waals surface area contributed by atoms with Crippen LogP contribution in [0.25, 0.3) is 21.9 Å². The molecule has 0 aliphatic heterocycles. The van der Waals surface area contributed by atoms with Crippen molar-refractivity contribution in [2.75, 3.05) is 13.2 Å². The number of hydrogen-bond donors (Lipinski definition) is 2. The largest absolute Gasteiger partial charge is 0.472 e. The highest BCUT2D eigenvalue weighted by atomic mass is 31.2. The lowest BCUT2D eigenvalue weighted by molar-refractivity contribution is -0.120. The number of nitrogens with one attached hydrogen (secondary N) is 1. The van der Waals surface area contributed by atoms with Crippen molar-refractivity contribution >= 4 is 24.5 Å². The number of fused-ring (bicyclic) bond motifs is 1. The molecule has 1 unspecified atom stereocenters. The van der Waals surface area contributed by atoms with E-state index in [4.69, 9.17) is 9.05 Å². The molecule has 0 fully saturated rings. The van der Waals surface area contributed by atoms with E-state index in [2.05, 4.69) is 29.6 Å². The Balaban J connectivity index is 1.57. The number of unbranched alkanes of at least 4 members (excludes halogenated alkanes) is 1. The second kappa shape index (κ2) is 11.4. The predicted molar refractivity (Wildman–Crippen MR) is 127 cm³/mol. The first-order chi connectivity index (χ1) is 15.4. The van der Waals surface area contributed by atoms with Gasteiger partial charge in [-0.15, -0.1) is 0 Å². The molecule has 1 atom stereocenters. The van der Waals surface area contributed by atoms with Crippen molar-refractivity contribution in [1.82, 2.24) is 5.32 Å². The monoisotopic (exact) mass is 455 g/mol. The first-order valence-corrected chi connectivity index (χ1v) is 12.3. The topological polar surface area (TPSA) is 84.9 Å². The molecule has 0 saturated carbocycles. The summed E-state index contributed by atoms with van der Waals surface area (Å²) in [4.78, 5) is 22.1. The Kier molecular flexibility index (Phi) is 8.60. The smallest absolute Gasteiger partial charge is 0.356 e. The normalized spacial score (nSPS) is 13.2. The molecule has 1 amide bonds. The molecule has 3 aromatic carbocycles. The molecule has 7 heteroatoms. The number of phosphoric ester groups is 1. The zero-order chi connectivity index (χ0) is 23.0. The second-order valence-electron chi connectivity index (χ2n) is 7.88. The van der Waals surface area contributed by atoms with Gasteiger partial charge in [-0.05, 0) is 54.2 Å². The number of benzene rings is 3. The maximum Gasteiger partial charge on any atom is 0.472 e. The highest BCUT2D eigenvalue weighted by Gasteiger charge is 2.22. The van der Waals surface area contributed by atoms with E-state index < -0.39 is 7.82 Å². The fourth-order valence-corrected chi connectivity index (χ4v) is 4.53. The Hall–Kier alpha value is -2.50. The second-order valence-corrected chi connectivity index (χ2v) is 9.28. The van der Waals surface area contributed by atoms with Crippen LogP contribution in [0.15, 0.2) is 66.7 Å². The fraction of sp³-hybridized carbons (Fsp3) is 0.320. The molecule has 3 rings (SSSR count). The van der Waals surface area contributed by atoms with E-state index in [0.717, 1.165) is 27.5 Å². The number of phosphoric acid groups is 1. The van der Waals surface area contributed by atoms with Crippen LogP contribution in [-0.2, 0) is 24.8 Å². The van der Waals surface area contributed by atoms with Crippen molar-refractivity contribution in [3.8, 4) is 11.1 Å². The van der Waals surface area contributed by atoms with Crippen LogP contribution in [0.1, 0.15) is 32.3 Å². The highest BCUT2D eigenvalue weighted by molar-refractivity contribution is 7.47. The van der Waals surface area contributed by atoms with Crippen LogP contribution in [0.5, 0.6) is 0 Å². The van der Waals surface area contributed by atoms with Crippen LogP contribution >= 0.6 is 7.82 Å². The van der Waals surface area contributed by atoms with E-state index in [1.165, 1.54) is 0 Å². The van der Waals surface area contributed by atoms with E-state index in [-0.39, 0.29) is 25.0 Å². The van der Waals surface area contributed by atoms with Crippen LogP contribution < -0.4 is 5.32 Å². The zero-order valence-corrected chi connectivity index (χ0v) is 19.4. The summed E-state index contributed by atoms with van der Waals surface area (Å²) in [6.07, 6.45) is 1.06. The average Bonchev–Trinajstić information content (AvgIpc) is 2.75. The molecule has 32 heavy (non-hydrogen) atoms. The standard InChI is InChI=1S/C25H30NO5P/c1-19(2)31-32(28,29)30-17-9-8-16-26-24(27)18-22-15-14-20-10-6-7-13-23(20)25(22)21-11-4-3-5-12-21/h3-7,10-15,19H,8-9,16-18H2,1-2H3,(H,26,27)(H,28,29). The van der Waals surface area contributed by atoms with Crippen LogP contribution in [0.2, 0.25) is 0 Å². The number of hydrogen-bond acceptors (Lipinski definition) is 4. The van der Waals surface area contributed by atoms with E-state index >= 15 is 0 Å². The van der Waals surface area contributed by atoms with Crippen molar-refractivity contribution < 1.29 is 23.3 Å². The van der Waals surface area contributed by atoms with Gasteiger partial charge >= 0.3 is 7.82 Å². The minimum absolute atomic E-state index is 0.0608. The van der Waals surface area contributed by atoms with Crippen LogP contribution in [0.3, 0.4) is 0 Å². The Morgan fingerprint density at radius 3 is 2.47 bits per heavy atom. The Labute approximate surface area is 189 Å². The van der Waals surface area contributed by atoms with Gasteiger partial charge < -0.3 is 10.2 Å². The SMILES string of the molecule is CC(C)OP(=O)(O)OCCCCNC(=O)Cc1ccc2ccccc2c1-c1ccccc1. The molecule has 0 aliphatic carbocycles. The van der Waals surface area contributed by atoms with Crippen molar-refractivity contribution in [1.29, 1.82) is 0 Å². The lowest BCUT2D eigenvalue weighted by Crippen LogP contribution is -2.26. The van der Waals surface area contributed by atoms with Crippen LogP contribution in [0.4, 0.5) is 0 Å². The summed E-state index contributed by atoms with van der Waals surface area (Å²) in [6, 6.07) is 22.4. The Bertz CT molecular complexity index is 1080. The molecule has 0 heterocycles. The van der Waals surface area contributed by atoms with Gasteiger partial charge in [0.05, 0.1) is 19.1 Å². The molecule has 0 bridgehead atoms. The van der Waals surface area contributed by atoms with E-state index in [1.807, 2.05) is 42.5 Å². The molecule has 2 N–H and O–H groups in total. The molecular formula is C25H30NO5P. The zero-order valence-electron chi connectivity index (χ0n) is 18.5. The predicted octanol–water partition coefficient (Wildman–Crippen LogP) is 5.49. The van der Waals surface area contributed by atoms with Gasteiger partial charge in [0, 0.05) is 6.54 Å². The number of rotatable bonds is 11. The van der Waals surface area contributed by atoms with Crippen LogP contribution in [0, 0.1) is 0 Å². The summed E-state index contributed by atoms with van der Waals surface area (Å²) in [5.74, 6) is -0.0608. The van der Waals surface area contributed by atoms with E-state index in [0.29, 0.717) is 19.4 Å². The van der Waals surface area contributed by atoms with Crippen molar-refractivity contribution in [3.05, 3.63) is 72.3 Å². The molecule has 0 radical (unpaired) electrons. The molecule has 0 aromatic heterocycles. The Morgan fingerprint density at radius 1 is 1.00 bits per heavy atom. The molecule has 0 spiro atoms. The van der Waals surface area contributed by atoms with Crippen LogP contribution in [-0.4, -0.2) is 30.1 Å². The van der Waals surface area contributed by atoms with Gasteiger partial charge in [0.15, 0.2) is 0 Å². The number of carbonyl (C=O) groups excluding carboxylic acids is 1. The van der Waals surface area contributed by atoms with Gasteiger partial charge in [0.1, 0.15) is 0 Å². The maximum atomic E-state index is 12.6. The quantitative estimate of drug-likeness (QED) is 0.295. The molecule has 0 saturated heterocycles. The lowest BCUT2D eigenvalue weighted by atomic mass is 9.92. The lowest BCUT2D eigenvalue weighted by Gasteiger charge is -2.15. The minimum Gasteiger partial charge on any atom is -0.356 e.